The van der Waals surface area contributed by atoms with Gasteiger partial charge in [0, 0.05) is 13.0 Å². The van der Waals surface area contributed by atoms with Crippen molar-refractivity contribution in [1.82, 2.24) is 21.1 Å². The van der Waals surface area contributed by atoms with Gasteiger partial charge in [0.1, 0.15) is 11.3 Å². The van der Waals surface area contributed by atoms with Crippen LogP contribution in [0.25, 0.3) is 10.8 Å². The maximum atomic E-state index is 12.6. The van der Waals surface area contributed by atoms with Crippen LogP contribution in [0.5, 0.6) is 5.75 Å². The van der Waals surface area contributed by atoms with Gasteiger partial charge in [0.15, 0.2) is 0 Å². The number of urea groups is 1. The number of rotatable bonds is 4. The average molecular weight is 410 g/mol. The molecule has 0 aromatic heterocycles. The summed E-state index contributed by atoms with van der Waals surface area (Å²) in [4.78, 5) is 50.2. The third-order valence-electron chi connectivity index (χ3n) is 5.69. The van der Waals surface area contributed by atoms with E-state index in [0.29, 0.717) is 12.8 Å². The van der Waals surface area contributed by atoms with Gasteiger partial charge in [-0.25, -0.2) is 4.79 Å². The van der Waals surface area contributed by atoms with E-state index in [0.717, 1.165) is 28.5 Å². The van der Waals surface area contributed by atoms with Gasteiger partial charge in [0.2, 0.25) is 5.91 Å². The Labute approximate surface area is 172 Å². The summed E-state index contributed by atoms with van der Waals surface area (Å²) in [6.45, 7) is -0.0741. The lowest BCUT2D eigenvalue weighted by atomic mass is 9.98. The number of nitrogens with one attached hydrogen (secondary N) is 3. The van der Waals surface area contributed by atoms with Crippen molar-refractivity contribution in [1.29, 1.82) is 0 Å². The highest BCUT2D eigenvalue weighted by molar-refractivity contribution is 6.07. The topological polar surface area (TPSA) is 128 Å². The summed E-state index contributed by atoms with van der Waals surface area (Å²) in [5.41, 5.74) is 3.71. The number of phenolic OH excluding ortho intramolecular Hbond substituents is 1. The first-order valence-electron chi connectivity index (χ1n) is 9.85. The summed E-state index contributed by atoms with van der Waals surface area (Å²) in [5, 5.41) is 14.4. The van der Waals surface area contributed by atoms with E-state index in [9.17, 15) is 24.3 Å². The van der Waals surface area contributed by atoms with Crippen molar-refractivity contribution < 1.29 is 24.3 Å². The number of aromatic hydroxyl groups is 1. The lowest BCUT2D eigenvalue weighted by molar-refractivity contribution is -0.131. The molecule has 1 saturated carbocycles. The Bertz CT molecular complexity index is 1040. The zero-order valence-electron chi connectivity index (χ0n) is 16.2. The predicted octanol–water partition coefficient (Wildman–Crippen LogP) is 1.56. The van der Waals surface area contributed by atoms with Crippen molar-refractivity contribution in [3.8, 4) is 5.75 Å². The summed E-state index contributed by atoms with van der Waals surface area (Å²) >= 11 is 0. The first-order valence-corrected chi connectivity index (χ1v) is 9.85. The molecule has 1 heterocycles. The molecule has 4 N–H and O–H groups in total. The van der Waals surface area contributed by atoms with Crippen molar-refractivity contribution in [3.05, 3.63) is 42.0 Å². The number of phenols is 1. The maximum Gasteiger partial charge on any atom is 0.325 e. The van der Waals surface area contributed by atoms with E-state index in [4.69, 9.17) is 0 Å². The van der Waals surface area contributed by atoms with Gasteiger partial charge >= 0.3 is 6.03 Å². The molecule has 2 fully saturated rings. The van der Waals surface area contributed by atoms with Crippen LogP contribution < -0.4 is 16.2 Å². The summed E-state index contributed by atoms with van der Waals surface area (Å²) in [6.07, 6.45) is 2.85. The molecule has 0 atom stereocenters. The molecule has 1 spiro atoms. The smallest absolute Gasteiger partial charge is 0.325 e. The van der Waals surface area contributed by atoms with Gasteiger partial charge < -0.3 is 10.4 Å². The van der Waals surface area contributed by atoms with Crippen LogP contribution in [0.3, 0.4) is 0 Å². The molecule has 30 heavy (non-hydrogen) atoms. The summed E-state index contributed by atoms with van der Waals surface area (Å²) < 4.78 is 0. The molecule has 2 aromatic rings. The molecule has 4 rings (SSSR count). The Morgan fingerprint density at radius 3 is 2.43 bits per heavy atom. The summed E-state index contributed by atoms with van der Waals surface area (Å²) in [5.74, 6) is -1.73. The van der Waals surface area contributed by atoms with Crippen LogP contribution in [0.4, 0.5) is 4.79 Å². The Hall–Kier alpha value is -3.62. The fourth-order valence-corrected chi connectivity index (χ4v) is 4.08. The highest BCUT2D eigenvalue weighted by atomic mass is 16.3. The zero-order chi connectivity index (χ0) is 21.3. The molecule has 9 nitrogen and oxygen atoms in total. The van der Waals surface area contributed by atoms with Crippen molar-refractivity contribution in [2.45, 2.75) is 37.6 Å². The van der Waals surface area contributed by atoms with Gasteiger partial charge in [-0.2, -0.15) is 0 Å². The Morgan fingerprint density at radius 2 is 1.73 bits per heavy atom. The first kappa shape index (κ1) is 19.7. The second-order valence-corrected chi connectivity index (χ2v) is 7.64. The van der Waals surface area contributed by atoms with E-state index >= 15 is 0 Å². The minimum absolute atomic E-state index is 0.0197. The number of hydrazine groups is 1. The molecular weight excluding hydrogens is 388 g/mol. The molecule has 9 heteroatoms. The number of hydrogen-bond acceptors (Lipinski definition) is 5. The number of amides is 5. The van der Waals surface area contributed by atoms with E-state index in [2.05, 4.69) is 16.2 Å². The van der Waals surface area contributed by atoms with Crippen molar-refractivity contribution in [3.63, 3.8) is 0 Å². The number of hydrogen-bond donors (Lipinski definition) is 4. The molecule has 1 aliphatic carbocycles. The monoisotopic (exact) mass is 410 g/mol. The van der Waals surface area contributed by atoms with Gasteiger partial charge in [-0.1, -0.05) is 37.1 Å². The molecule has 5 amide bonds. The second kappa shape index (κ2) is 7.66. The molecule has 1 saturated heterocycles. The number of fused-ring (bicyclic) bond motifs is 1. The largest absolute Gasteiger partial charge is 0.507 e. The third-order valence-corrected chi connectivity index (χ3v) is 5.69. The van der Waals surface area contributed by atoms with E-state index in [1.165, 1.54) is 12.1 Å². The molecule has 0 unspecified atom stereocenters. The van der Waals surface area contributed by atoms with Crippen molar-refractivity contribution in [2.75, 3.05) is 6.54 Å². The van der Waals surface area contributed by atoms with Crippen LogP contribution in [0.2, 0.25) is 0 Å². The average Bonchev–Trinajstić information content (AvgIpc) is 3.29. The fraction of sp³-hybridized carbons (Fsp3) is 0.333. The normalized spacial score (nSPS) is 17.4. The van der Waals surface area contributed by atoms with Gasteiger partial charge in [-0.05, 0) is 35.7 Å². The van der Waals surface area contributed by atoms with Crippen molar-refractivity contribution >= 4 is 34.5 Å². The molecule has 2 aliphatic rings. The van der Waals surface area contributed by atoms with E-state index in [-0.39, 0.29) is 30.2 Å². The lowest BCUT2D eigenvalue weighted by Crippen LogP contribution is -2.45. The van der Waals surface area contributed by atoms with Crippen LogP contribution >= 0.6 is 0 Å². The quantitative estimate of drug-likeness (QED) is 0.449. The molecule has 156 valence electrons. The van der Waals surface area contributed by atoms with Crippen LogP contribution in [0.1, 0.15) is 42.5 Å². The zero-order valence-corrected chi connectivity index (χ0v) is 16.2. The predicted molar refractivity (Wildman–Crippen MR) is 107 cm³/mol. The summed E-state index contributed by atoms with van der Waals surface area (Å²) in [6, 6.07) is 9.77. The number of imide groups is 1. The number of carbonyl (C=O) groups excluding carboxylic acids is 4. The standard InChI is InChI=1S/C21H22N4O5/c26-16-12-14-6-2-1-5-13(14)11-15(16)18(28)24-23-17(27)7-10-25-19(29)21(22-20(25)30)8-3-4-9-21/h1-2,5-6,11-12,26H,3-4,7-10H2,(H,22,30)(H,23,27)(H,24,28). The van der Waals surface area contributed by atoms with Gasteiger partial charge in [-0.15, -0.1) is 0 Å². The fourth-order valence-electron chi connectivity index (χ4n) is 4.08. The van der Waals surface area contributed by atoms with Crippen LogP contribution in [-0.2, 0) is 9.59 Å². The third kappa shape index (κ3) is 3.54. The Kier molecular flexibility index (Phi) is 5.03. The van der Waals surface area contributed by atoms with Crippen LogP contribution in [-0.4, -0.2) is 45.8 Å². The van der Waals surface area contributed by atoms with E-state index < -0.39 is 23.4 Å². The highest BCUT2D eigenvalue weighted by Crippen LogP contribution is 2.35. The molecule has 2 aromatic carbocycles. The van der Waals surface area contributed by atoms with E-state index in [1.807, 2.05) is 18.2 Å². The van der Waals surface area contributed by atoms with E-state index in [1.54, 1.807) is 6.07 Å². The van der Waals surface area contributed by atoms with Crippen LogP contribution in [0.15, 0.2) is 36.4 Å². The van der Waals surface area contributed by atoms with Crippen molar-refractivity contribution in [2.24, 2.45) is 0 Å². The number of nitrogens with zero attached hydrogens (tertiary/aromatic N) is 1. The lowest BCUT2D eigenvalue weighted by Gasteiger charge is -2.19. The highest BCUT2D eigenvalue weighted by Gasteiger charge is 2.52. The van der Waals surface area contributed by atoms with Crippen LogP contribution in [0, 0.1) is 0 Å². The first-order chi connectivity index (χ1) is 14.4. The van der Waals surface area contributed by atoms with Gasteiger partial charge in [0.25, 0.3) is 11.8 Å². The van der Waals surface area contributed by atoms with Gasteiger partial charge in [-0.3, -0.25) is 30.1 Å². The SMILES string of the molecule is O=C(CCN1C(=O)NC2(CCCC2)C1=O)NNC(=O)c1cc2ccccc2cc1O. The molecular formula is C21H22N4O5. The van der Waals surface area contributed by atoms with Gasteiger partial charge in [0.05, 0.1) is 5.56 Å². The minimum atomic E-state index is -0.810. The maximum absolute atomic E-state index is 12.6. The number of carbonyl (C=O) groups is 4. The number of benzene rings is 2. The molecule has 0 bridgehead atoms. The Balaban J connectivity index is 1.32. The minimum Gasteiger partial charge on any atom is -0.507 e. The second-order valence-electron chi connectivity index (χ2n) is 7.64. The molecule has 1 aliphatic heterocycles. The molecule has 0 radical (unpaired) electrons. The Morgan fingerprint density at radius 1 is 1.07 bits per heavy atom. The summed E-state index contributed by atoms with van der Waals surface area (Å²) in [7, 11) is 0.